The van der Waals surface area contributed by atoms with Gasteiger partial charge in [0.05, 0.1) is 6.42 Å². The number of hydrogen-bond donors (Lipinski definition) is 0. The highest BCUT2D eigenvalue weighted by Crippen LogP contribution is 2.41. The molecule has 0 saturated heterocycles. The van der Waals surface area contributed by atoms with Crippen LogP contribution in [0.5, 0.6) is 0 Å². The summed E-state index contributed by atoms with van der Waals surface area (Å²) >= 11 is 0. The van der Waals surface area contributed by atoms with E-state index in [1.807, 2.05) is 38.1 Å². The molecule has 40 heavy (non-hydrogen) atoms. The molecule has 0 bridgehead atoms. The van der Waals surface area contributed by atoms with Gasteiger partial charge in [-0.3, -0.25) is 19.2 Å². The molecule has 0 heterocycles. The van der Waals surface area contributed by atoms with E-state index in [1.165, 1.54) is 13.3 Å². The Hall–Kier alpha value is -2.88. The van der Waals surface area contributed by atoms with Crippen molar-refractivity contribution in [2.75, 3.05) is 0 Å². The summed E-state index contributed by atoms with van der Waals surface area (Å²) in [4.78, 5) is 50.3. The number of rotatable bonds is 12. The number of hydrogen-bond acceptors (Lipinski definition) is 4. The number of carbonyl (C=O) groups is 4. The van der Waals surface area contributed by atoms with E-state index in [0.717, 1.165) is 71.9 Å². The van der Waals surface area contributed by atoms with Crippen LogP contribution in [0.1, 0.15) is 131 Å². The number of ketones is 4. The van der Waals surface area contributed by atoms with Crippen LogP contribution in [0, 0.1) is 24.7 Å². The van der Waals surface area contributed by atoms with Gasteiger partial charge in [0.1, 0.15) is 11.6 Å². The molecule has 0 N–H and O–H groups in total. The van der Waals surface area contributed by atoms with E-state index >= 15 is 0 Å². The topological polar surface area (TPSA) is 68.3 Å². The van der Waals surface area contributed by atoms with Gasteiger partial charge in [0.15, 0.2) is 11.6 Å². The highest BCUT2D eigenvalue weighted by atomic mass is 16.1. The van der Waals surface area contributed by atoms with Crippen molar-refractivity contribution in [1.29, 1.82) is 0 Å². The SMILES string of the molecule is CCC.CCCC(CC1CC(=O)c2c(C)ccc(-c3cc(C(C)=O)ccc3CC)c2C1)C(CC)C(=O)CC(C)=O. The molecular formula is C36H50O4. The average molecular weight is 547 g/mol. The molecule has 1 aliphatic rings. The van der Waals surface area contributed by atoms with Crippen molar-refractivity contribution >= 4 is 23.1 Å². The monoisotopic (exact) mass is 546 g/mol. The lowest BCUT2D eigenvalue weighted by atomic mass is 9.71. The maximum absolute atomic E-state index is 13.5. The lowest BCUT2D eigenvalue weighted by Gasteiger charge is -2.33. The molecule has 1 aliphatic carbocycles. The predicted octanol–water partition coefficient (Wildman–Crippen LogP) is 8.97. The zero-order valence-electron chi connectivity index (χ0n) is 26.1. The van der Waals surface area contributed by atoms with Gasteiger partial charge in [-0.15, -0.1) is 0 Å². The van der Waals surface area contributed by atoms with Gasteiger partial charge < -0.3 is 0 Å². The molecule has 3 unspecified atom stereocenters. The third kappa shape index (κ3) is 8.32. The normalized spacial score (nSPS) is 15.9. The summed E-state index contributed by atoms with van der Waals surface area (Å²) in [6.07, 6.45) is 6.77. The second kappa shape index (κ2) is 15.8. The second-order valence-corrected chi connectivity index (χ2v) is 11.6. The first-order valence-corrected chi connectivity index (χ1v) is 15.3. The molecule has 2 aromatic rings. The Labute approximate surface area is 242 Å². The summed E-state index contributed by atoms with van der Waals surface area (Å²) in [5.41, 5.74) is 6.83. The van der Waals surface area contributed by atoms with Crippen LogP contribution in [0.2, 0.25) is 0 Å². The highest BCUT2D eigenvalue weighted by molar-refractivity contribution is 6.03. The summed E-state index contributed by atoms with van der Waals surface area (Å²) in [6.45, 7) is 15.6. The van der Waals surface area contributed by atoms with Gasteiger partial charge in [0.2, 0.25) is 0 Å². The number of aryl methyl sites for hydroxylation is 2. The van der Waals surface area contributed by atoms with Crippen LogP contribution in [0.25, 0.3) is 11.1 Å². The van der Waals surface area contributed by atoms with Gasteiger partial charge in [-0.1, -0.05) is 78.1 Å². The van der Waals surface area contributed by atoms with E-state index in [2.05, 4.69) is 33.8 Å². The zero-order valence-corrected chi connectivity index (χ0v) is 26.1. The van der Waals surface area contributed by atoms with Gasteiger partial charge in [0, 0.05) is 23.5 Å². The minimum Gasteiger partial charge on any atom is -0.300 e. The first-order valence-electron chi connectivity index (χ1n) is 15.3. The summed E-state index contributed by atoms with van der Waals surface area (Å²) in [5.74, 6) is 0.336. The Morgan fingerprint density at radius 2 is 1.60 bits per heavy atom. The molecule has 4 heteroatoms. The van der Waals surface area contributed by atoms with E-state index in [4.69, 9.17) is 0 Å². The molecule has 2 aromatic carbocycles. The Bertz CT molecular complexity index is 1210. The van der Waals surface area contributed by atoms with Crippen LogP contribution in [0.15, 0.2) is 30.3 Å². The van der Waals surface area contributed by atoms with Crippen LogP contribution in [0.4, 0.5) is 0 Å². The molecule has 3 rings (SSSR count). The average Bonchev–Trinajstić information content (AvgIpc) is 2.89. The molecular weight excluding hydrogens is 496 g/mol. The van der Waals surface area contributed by atoms with Gasteiger partial charge in [-0.25, -0.2) is 0 Å². The van der Waals surface area contributed by atoms with Crippen LogP contribution in [-0.4, -0.2) is 23.1 Å². The van der Waals surface area contributed by atoms with Gasteiger partial charge in [-0.05, 0) is 92.2 Å². The summed E-state index contributed by atoms with van der Waals surface area (Å²) in [7, 11) is 0. The Kier molecular flexibility index (Phi) is 13.2. The molecule has 0 amide bonds. The third-order valence-electron chi connectivity index (χ3n) is 8.10. The lowest BCUT2D eigenvalue weighted by Crippen LogP contribution is -2.30. The first-order chi connectivity index (χ1) is 19.0. The molecule has 3 atom stereocenters. The van der Waals surface area contributed by atoms with Crippen molar-refractivity contribution in [2.24, 2.45) is 17.8 Å². The van der Waals surface area contributed by atoms with E-state index in [0.29, 0.717) is 12.0 Å². The van der Waals surface area contributed by atoms with Crippen molar-refractivity contribution in [2.45, 2.75) is 113 Å². The number of fused-ring (bicyclic) bond motifs is 1. The number of carbonyl (C=O) groups excluding carboxylic acids is 4. The van der Waals surface area contributed by atoms with Crippen molar-refractivity contribution < 1.29 is 19.2 Å². The van der Waals surface area contributed by atoms with Gasteiger partial charge in [0.25, 0.3) is 0 Å². The molecule has 0 spiro atoms. The molecule has 0 fully saturated rings. The Morgan fingerprint density at radius 1 is 0.925 bits per heavy atom. The quantitative estimate of drug-likeness (QED) is 0.197. The molecule has 0 aromatic heterocycles. The first kappa shape index (κ1) is 33.3. The second-order valence-electron chi connectivity index (χ2n) is 11.6. The fourth-order valence-electron chi connectivity index (χ4n) is 6.35. The fourth-order valence-corrected chi connectivity index (χ4v) is 6.35. The molecule has 0 saturated carbocycles. The van der Waals surface area contributed by atoms with Crippen molar-refractivity contribution in [3.05, 3.63) is 58.1 Å². The maximum atomic E-state index is 13.5. The van der Waals surface area contributed by atoms with Gasteiger partial charge >= 0.3 is 0 Å². The summed E-state index contributed by atoms with van der Waals surface area (Å²) in [5, 5.41) is 0. The van der Waals surface area contributed by atoms with Crippen LogP contribution >= 0.6 is 0 Å². The van der Waals surface area contributed by atoms with Crippen molar-refractivity contribution in [1.82, 2.24) is 0 Å². The van der Waals surface area contributed by atoms with Crippen molar-refractivity contribution in [3.8, 4) is 11.1 Å². The van der Waals surface area contributed by atoms with Crippen LogP contribution in [0.3, 0.4) is 0 Å². The number of benzene rings is 2. The van der Waals surface area contributed by atoms with Crippen LogP contribution in [-0.2, 0) is 22.4 Å². The molecule has 0 aliphatic heterocycles. The molecule has 4 nitrogen and oxygen atoms in total. The van der Waals surface area contributed by atoms with E-state index in [9.17, 15) is 19.2 Å². The van der Waals surface area contributed by atoms with E-state index in [1.54, 1.807) is 6.92 Å². The zero-order chi connectivity index (χ0) is 30.0. The minimum atomic E-state index is -0.142. The minimum absolute atomic E-state index is 0.000772. The lowest BCUT2D eigenvalue weighted by molar-refractivity contribution is -0.129. The maximum Gasteiger partial charge on any atom is 0.163 e. The standard InChI is InChI=1S/C33H42O4.C3H8/c1-7-10-26(27(9-3)31(36)15-21(5)34)16-23-17-30-28(14-11-20(4)33(30)32(37)18-23)29-19-25(22(6)35)13-12-24(29)8-2;1-3-2/h11-14,19,23,26-27H,7-10,15-18H2,1-6H3;3H2,1-2H3. The Morgan fingerprint density at radius 3 is 2.15 bits per heavy atom. The van der Waals surface area contributed by atoms with Gasteiger partial charge in [-0.2, -0.15) is 0 Å². The fraction of sp³-hybridized carbons (Fsp3) is 0.556. The predicted molar refractivity (Wildman–Crippen MR) is 165 cm³/mol. The third-order valence-corrected chi connectivity index (χ3v) is 8.10. The summed E-state index contributed by atoms with van der Waals surface area (Å²) in [6, 6.07) is 10.0. The summed E-state index contributed by atoms with van der Waals surface area (Å²) < 4.78 is 0. The molecule has 218 valence electrons. The van der Waals surface area contributed by atoms with E-state index in [-0.39, 0.29) is 47.3 Å². The molecule has 0 radical (unpaired) electrons. The number of Topliss-reactive ketones (excluding diaryl/α,β-unsaturated/α-hetero) is 4. The van der Waals surface area contributed by atoms with Crippen LogP contribution < -0.4 is 0 Å². The van der Waals surface area contributed by atoms with Crippen molar-refractivity contribution in [3.63, 3.8) is 0 Å². The highest BCUT2D eigenvalue weighted by Gasteiger charge is 2.34. The smallest absolute Gasteiger partial charge is 0.163 e. The van der Waals surface area contributed by atoms with E-state index < -0.39 is 0 Å². The Balaban J connectivity index is 0.00000178. The largest absolute Gasteiger partial charge is 0.300 e.